The highest BCUT2D eigenvalue weighted by Crippen LogP contribution is 2.37. The van der Waals surface area contributed by atoms with E-state index >= 15 is 0 Å². The van der Waals surface area contributed by atoms with Crippen molar-refractivity contribution in [1.29, 1.82) is 0 Å². The lowest BCUT2D eigenvalue weighted by Gasteiger charge is -2.37. The summed E-state index contributed by atoms with van der Waals surface area (Å²) in [6.45, 7) is 3.17. The average Bonchev–Trinajstić information content (AvgIpc) is 3.00. The van der Waals surface area contributed by atoms with Crippen molar-refractivity contribution in [1.82, 2.24) is 10.2 Å². The highest BCUT2D eigenvalue weighted by Gasteiger charge is 2.35. The molecule has 2 fully saturated rings. The van der Waals surface area contributed by atoms with Gasteiger partial charge in [-0.05, 0) is 51.3 Å². The second kappa shape index (κ2) is 5.45. The molecule has 1 aliphatic carbocycles. The van der Waals surface area contributed by atoms with Crippen LogP contribution in [-0.2, 0) is 13.1 Å². The lowest BCUT2D eigenvalue weighted by molar-refractivity contribution is 0.0975. The number of fused-ring (bicyclic) bond motifs is 1. The van der Waals surface area contributed by atoms with E-state index in [1.165, 1.54) is 44.2 Å². The molecule has 0 radical (unpaired) electrons. The van der Waals surface area contributed by atoms with E-state index in [9.17, 15) is 0 Å². The van der Waals surface area contributed by atoms with E-state index in [4.69, 9.17) is 4.42 Å². The van der Waals surface area contributed by atoms with E-state index in [1.54, 1.807) is 0 Å². The van der Waals surface area contributed by atoms with E-state index in [0.717, 1.165) is 30.8 Å². The Morgan fingerprint density at radius 2 is 2.22 bits per heavy atom. The average molecular weight is 248 g/mol. The molecule has 1 saturated heterocycles. The summed E-state index contributed by atoms with van der Waals surface area (Å²) in [5.74, 6) is 2.12. The lowest BCUT2D eigenvalue weighted by Crippen LogP contribution is -2.42. The summed E-state index contributed by atoms with van der Waals surface area (Å²) in [4.78, 5) is 2.67. The second-order valence-corrected chi connectivity index (χ2v) is 5.77. The van der Waals surface area contributed by atoms with Gasteiger partial charge in [0.25, 0.3) is 0 Å². The highest BCUT2D eigenvalue weighted by molar-refractivity contribution is 5.17. The Kier molecular flexibility index (Phi) is 3.71. The van der Waals surface area contributed by atoms with Crippen LogP contribution < -0.4 is 5.32 Å². The van der Waals surface area contributed by atoms with E-state index in [2.05, 4.69) is 16.3 Å². The molecule has 100 valence electrons. The molecule has 1 aliphatic heterocycles. The number of furan rings is 1. The van der Waals surface area contributed by atoms with E-state index < -0.39 is 0 Å². The van der Waals surface area contributed by atoms with Crippen molar-refractivity contribution in [2.75, 3.05) is 13.6 Å². The monoisotopic (exact) mass is 248 g/mol. The highest BCUT2D eigenvalue weighted by atomic mass is 16.3. The van der Waals surface area contributed by atoms with Crippen LogP contribution in [0.4, 0.5) is 0 Å². The third kappa shape index (κ3) is 2.34. The van der Waals surface area contributed by atoms with Crippen LogP contribution in [0, 0.1) is 5.92 Å². The summed E-state index contributed by atoms with van der Waals surface area (Å²) in [6.07, 6.45) is 8.91. The zero-order valence-corrected chi connectivity index (χ0v) is 11.3. The Morgan fingerprint density at radius 1 is 1.33 bits per heavy atom. The normalized spacial score (nSPS) is 28.5. The second-order valence-electron chi connectivity index (χ2n) is 5.77. The van der Waals surface area contributed by atoms with Gasteiger partial charge >= 0.3 is 0 Å². The van der Waals surface area contributed by atoms with Gasteiger partial charge in [0, 0.05) is 18.2 Å². The first-order valence-corrected chi connectivity index (χ1v) is 7.32. The van der Waals surface area contributed by atoms with Crippen molar-refractivity contribution in [3.05, 3.63) is 23.7 Å². The molecule has 2 aliphatic rings. The molecule has 3 heteroatoms. The van der Waals surface area contributed by atoms with Crippen molar-refractivity contribution in [3.8, 4) is 0 Å². The fourth-order valence-corrected chi connectivity index (χ4v) is 3.79. The topological polar surface area (TPSA) is 28.4 Å². The summed E-state index contributed by atoms with van der Waals surface area (Å²) >= 11 is 0. The molecule has 3 rings (SSSR count). The summed E-state index contributed by atoms with van der Waals surface area (Å²) < 4.78 is 5.69. The van der Waals surface area contributed by atoms with Gasteiger partial charge in [-0.3, -0.25) is 4.90 Å². The molecule has 2 atom stereocenters. The molecule has 1 saturated carbocycles. The molecule has 0 spiro atoms. The maximum Gasteiger partial charge on any atom is 0.122 e. The molecule has 2 heterocycles. The quantitative estimate of drug-likeness (QED) is 0.888. The third-order valence-electron chi connectivity index (χ3n) is 4.66. The molecule has 0 aromatic carbocycles. The van der Waals surface area contributed by atoms with Crippen molar-refractivity contribution < 1.29 is 4.42 Å². The molecular formula is C15H24N2O. The molecule has 1 N–H and O–H groups in total. The predicted molar refractivity (Wildman–Crippen MR) is 72.2 cm³/mol. The van der Waals surface area contributed by atoms with Crippen LogP contribution in [0.25, 0.3) is 0 Å². The van der Waals surface area contributed by atoms with E-state index in [0.29, 0.717) is 0 Å². The fraction of sp³-hybridized carbons (Fsp3) is 0.733. The SMILES string of the molecule is CNCc1ccoc1CN1CCCC2CCCC21. The number of piperidine rings is 1. The Morgan fingerprint density at radius 3 is 3.11 bits per heavy atom. The number of hydrogen-bond acceptors (Lipinski definition) is 3. The van der Waals surface area contributed by atoms with Gasteiger partial charge in [0.05, 0.1) is 12.8 Å². The van der Waals surface area contributed by atoms with Crippen LogP contribution in [0.5, 0.6) is 0 Å². The van der Waals surface area contributed by atoms with Crippen molar-refractivity contribution in [2.24, 2.45) is 5.92 Å². The molecular weight excluding hydrogens is 224 g/mol. The van der Waals surface area contributed by atoms with Gasteiger partial charge in [-0.15, -0.1) is 0 Å². The van der Waals surface area contributed by atoms with Crippen LogP contribution in [0.3, 0.4) is 0 Å². The van der Waals surface area contributed by atoms with Gasteiger partial charge in [-0.2, -0.15) is 0 Å². The predicted octanol–water partition coefficient (Wildman–Crippen LogP) is 2.76. The molecule has 18 heavy (non-hydrogen) atoms. The maximum absolute atomic E-state index is 5.69. The van der Waals surface area contributed by atoms with Crippen LogP contribution in [0.15, 0.2) is 16.7 Å². The fourth-order valence-electron chi connectivity index (χ4n) is 3.79. The zero-order chi connectivity index (χ0) is 12.4. The van der Waals surface area contributed by atoms with Gasteiger partial charge in [0.1, 0.15) is 5.76 Å². The standard InChI is InChI=1S/C15H24N2O/c1-16-10-13-7-9-18-15(13)11-17-8-3-5-12-4-2-6-14(12)17/h7,9,12,14,16H,2-6,8,10-11H2,1H3. The van der Waals surface area contributed by atoms with Gasteiger partial charge < -0.3 is 9.73 Å². The van der Waals surface area contributed by atoms with Crippen LogP contribution in [0.2, 0.25) is 0 Å². The van der Waals surface area contributed by atoms with Crippen molar-refractivity contribution in [3.63, 3.8) is 0 Å². The summed E-state index contributed by atoms with van der Waals surface area (Å²) in [7, 11) is 1.99. The lowest BCUT2D eigenvalue weighted by atomic mass is 9.92. The van der Waals surface area contributed by atoms with Crippen molar-refractivity contribution >= 4 is 0 Å². The number of hydrogen-bond donors (Lipinski definition) is 1. The molecule has 3 nitrogen and oxygen atoms in total. The zero-order valence-electron chi connectivity index (χ0n) is 11.3. The van der Waals surface area contributed by atoms with Gasteiger partial charge in [-0.25, -0.2) is 0 Å². The Hall–Kier alpha value is -0.800. The van der Waals surface area contributed by atoms with Crippen LogP contribution in [-0.4, -0.2) is 24.5 Å². The number of nitrogens with one attached hydrogen (secondary N) is 1. The maximum atomic E-state index is 5.69. The molecule has 0 bridgehead atoms. The summed E-state index contributed by atoms with van der Waals surface area (Å²) in [5, 5.41) is 3.22. The Bertz CT molecular complexity index is 388. The molecule has 1 aromatic heterocycles. The van der Waals surface area contributed by atoms with Crippen LogP contribution in [0.1, 0.15) is 43.4 Å². The smallest absolute Gasteiger partial charge is 0.122 e. The Balaban J connectivity index is 1.69. The molecule has 1 aromatic rings. The van der Waals surface area contributed by atoms with Gasteiger partial charge in [0.2, 0.25) is 0 Å². The van der Waals surface area contributed by atoms with Gasteiger partial charge in [-0.1, -0.05) is 6.42 Å². The Labute approximate surface area is 110 Å². The molecule has 2 unspecified atom stereocenters. The van der Waals surface area contributed by atoms with Gasteiger partial charge in [0.15, 0.2) is 0 Å². The minimum atomic E-state index is 0.825. The van der Waals surface area contributed by atoms with E-state index in [-0.39, 0.29) is 0 Å². The summed E-state index contributed by atoms with van der Waals surface area (Å²) in [6, 6.07) is 2.92. The number of rotatable bonds is 4. The number of likely N-dealkylation sites (tertiary alicyclic amines) is 1. The minimum absolute atomic E-state index is 0.825. The first-order chi connectivity index (χ1) is 8.88. The third-order valence-corrected chi connectivity index (χ3v) is 4.66. The molecule has 0 amide bonds. The first kappa shape index (κ1) is 12.2. The van der Waals surface area contributed by atoms with E-state index in [1.807, 2.05) is 13.3 Å². The minimum Gasteiger partial charge on any atom is -0.468 e. The summed E-state index contributed by atoms with van der Waals surface area (Å²) in [5.41, 5.74) is 1.32. The number of nitrogens with zero attached hydrogens (tertiary/aromatic N) is 1. The van der Waals surface area contributed by atoms with Crippen molar-refractivity contribution in [2.45, 2.75) is 51.2 Å². The first-order valence-electron chi connectivity index (χ1n) is 7.32. The van der Waals surface area contributed by atoms with Crippen LogP contribution >= 0.6 is 0 Å². The largest absolute Gasteiger partial charge is 0.468 e.